The second kappa shape index (κ2) is 39.7. The van der Waals surface area contributed by atoms with Gasteiger partial charge in [0.1, 0.15) is 24.0 Å². The first-order valence-corrected chi connectivity index (χ1v) is 39.8. The number of aliphatic hydroxyl groups is 1. The Kier molecular flexibility index (Phi) is 31.0. The molecule has 5 atom stereocenters. The van der Waals surface area contributed by atoms with Crippen LogP contribution in [0.2, 0.25) is 0 Å². The summed E-state index contributed by atoms with van der Waals surface area (Å²) in [5.41, 5.74) is 12.1. The van der Waals surface area contributed by atoms with Crippen LogP contribution in [0, 0.1) is 39.9 Å². The number of carboxylic acids is 1. The minimum Gasteiger partial charge on any atom is -1.00 e. The number of imidazole rings is 4. The van der Waals surface area contributed by atoms with Crippen molar-refractivity contribution in [3.05, 3.63) is 182 Å². The number of rotatable bonds is 14. The third-order valence-corrected chi connectivity index (χ3v) is 23.1. The number of benzene rings is 1. The number of Topliss-reactive ketones (excluding diaryl/α,β-unsaturated/α-hetero) is 3. The number of carbonyl (C=O) groups is 7. The molecule has 0 bridgehead atoms. The van der Waals surface area contributed by atoms with Gasteiger partial charge in [-0.25, -0.2) is 24.7 Å². The Labute approximate surface area is 713 Å². The number of aliphatic hydroxyl groups excluding tert-OH is 1. The smallest absolute Gasteiger partial charge is 1.00 e. The third kappa shape index (κ3) is 20.9. The number of carboxylic acid groups (broad SMARTS) is 1. The number of nitrogens with one attached hydrogen (secondary N) is 1. The van der Waals surface area contributed by atoms with Crippen LogP contribution in [0.15, 0.2) is 154 Å². The van der Waals surface area contributed by atoms with Gasteiger partial charge in [-0.05, 0) is 145 Å². The molecule has 8 aromatic heterocycles. The SMILES string of the molecule is C.C.CC(C)(C)C(=O)N1CCC(C(=O)CC2c3ncccc3-c3cncn32)CC1.CC(C)(C)C(=O)N1CCC(C(O)CC2c3ncccc3-c3cncn32)CC1.CC(C)(C)C(=O)O.O=C(CC1c2ncccc2-c2cncn21)C1CCN(C(=O)OCc2ccccc2)CC1.O=C(CC1c2ncccc2-c2cncn21)C1CCNCC1.[B].[H-].[Na+]. The largest absolute Gasteiger partial charge is 1.00 e. The van der Waals surface area contributed by atoms with Gasteiger partial charge in [-0.15, -0.1) is 0 Å². The number of fused-ring (bicyclic) bond motifs is 12. The minimum atomic E-state index is -0.757. The molecule has 26 nitrogen and oxygen atoms in total. The number of aromatic nitrogens is 12. The van der Waals surface area contributed by atoms with E-state index < -0.39 is 17.5 Å². The van der Waals surface area contributed by atoms with E-state index in [0.717, 1.165) is 138 Å². The van der Waals surface area contributed by atoms with Gasteiger partial charge in [-0.2, -0.15) is 0 Å². The number of amides is 3. The number of likely N-dealkylation sites (tertiary alicyclic amines) is 3. The first kappa shape index (κ1) is 91.2. The number of carbonyl (C=O) groups excluding carboxylic acids is 6. The molecule has 4 saturated heterocycles. The molecule has 9 aromatic rings. The number of piperidine rings is 4. The maximum atomic E-state index is 13.1. The van der Waals surface area contributed by atoms with Crippen LogP contribution in [0.1, 0.15) is 208 Å². The topological polar surface area (TPSA) is 314 Å². The van der Waals surface area contributed by atoms with E-state index in [1.54, 1.807) is 56.9 Å². The van der Waals surface area contributed by atoms with E-state index in [0.29, 0.717) is 70.5 Å². The Bertz CT molecular complexity index is 4860. The van der Waals surface area contributed by atoms with Crippen LogP contribution in [-0.2, 0) is 40.1 Å². The van der Waals surface area contributed by atoms with E-state index >= 15 is 0 Å². The minimum absolute atomic E-state index is 0. The summed E-state index contributed by atoms with van der Waals surface area (Å²) in [6.45, 7) is 22.8. The normalized spacial score (nSPS) is 18.6. The van der Waals surface area contributed by atoms with Gasteiger partial charge < -0.3 is 54.7 Å². The molecule has 8 aliphatic heterocycles. The number of aliphatic carboxylic acids is 1. The number of ketones is 3. The van der Waals surface area contributed by atoms with Gasteiger partial charge in [0, 0.05) is 149 Å². The van der Waals surface area contributed by atoms with Crippen LogP contribution >= 0.6 is 0 Å². The number of hydrogen-bond acceptors (Lipinski definition) is 18. The second-order valence-corrected chi connectivity index (χ2v) is 33.9. The predicted molar refractivity (Wildman–Crippen MR) is 445 cm³/mol. The standard InChI is InChI=1S/C24H24N4O3.C21H28N4O2.C21H26N4O2.C16H18N4O.C5H10O2.2CH4.B.Na.H/c29-22(13-20-23-19(7-4-10-26-23)21-14-25-16-28(20)21)18-8-11-27(12-9-18)24(30)31-15-17-5-2-1-3-6-17;2*1-21(2,3)20(27)24-9-6-14(7-10-24)18(26)11-16-19-15(5-4-8-23-19)17-12-22-13-25(16)17;21-15(11-3-6-17-7-4-11)8-13-16-12(2-1-5-19-16)14-9-18-10-20(13)14;1-5(2,3)4(6)7;;;;;/h1-7,10,14,16,18,20H,8-9,11-13,15H2;4-5,8,12-14,16,18,26H,6-7,9-11H2,1-3H3;4-5,8,12-14,16H,6-7,9-11H2,1-3H3;1-2,5,9-11,13,17H,3-4,6-8H2;1-3H3,(H,6,7);2*1H4;;;/q;;;;;;;;+1;-1. The maximum absolute atomic E-state index is 13.1. The zero-order chi connectivity index (χ0) is 79.9. The van der Waals surface area contributed by atoms with Crippen molar-refractivity contribution in [3.63, 3.8) is 0 Å². The van der Waals surface area contributed by atoms with Crippen molar-refractivity contribution in [2.45, 2.75) is 191 Å². The first-order chi connectivity index (χ1) is 54.2. The van der Waals surface area contributed by atoms with Crippen LogP contribution in [0.5, 0.6) is 0 Å². The molecular weight excluding hydrogens is 1490 g/mol. The Morgan fingerprint density at radius 3 is 1.11 bits per heavy atom. The maximum Gasteiger partial charge on any atom is 1.00 e. The monoisotopic (exact) mass is 1600 g/mol. The fourth-order valence-corrected chi connectivity index (χ4v) is 16.7. The Morgan fingerprint density at radius 2 is 0.769 bits per heavy atom. The number of ether oxygens (including phenoxy) is 1. The van der Waals surface area contributed by atoms with Crippen molar-refractivity contribution in [1.29, 1.82) is 0 Å². The van der Waals surface area contributed by atoms with Crippen molar-refractivity contribution in [1.82, 2.24) is 78.2 Å². The van der Waals surface area contributed by atoms with Crippen LogP contribution in [0.4, 0.5) is 4.79 Å². The van der Waals surface area contributed by atoms with Gasteiger partial charge in [-0.1, -0.05) is 86.7 Å². The van der Waals surface area contributed by atoms with Gasteiger partial charge >= 0.3 is 41.6 Å². The second-order valence-electron chi connectivity index (χ2n) is 33.9. The van der Waals surface area contributed by atoms with E-state index in [2.05, 4.69) is 71.0 Å². The zero-order valence-corrected chi connectivity index (χ0v) is 69.9. The van der Waals surface area contributed by atoms with E-state index in [1.807, 2.05) is 166 Å². The van der Waals surface area contributed by atoms with E-state index in [9.17, 15) is 38.7 Å². The van der Waals surface area contributed by atoms with Gasteiger partial charge in [0.15, 0.2) is 0 Å². The predicted octanol–water partition coefficient (Wildman–Crippen LogP) is 10.8. The summed E-state index contributed by atoms with van der Waals surface area (Å²) in [4.78, 5) is 127. The molecule has 28 heteroatoms. The van der Waals surface area contributed by atoms with E-state index in [1.165, 1.54) is 0 Å². The Balaban J connectivity index is 0.000000189. The summed E-state index contributed by atoms with van der Waals surface area (Å²) in [6.07, 6.45) is 29.5. The van der Waals surface area contributed by atoms with E-state index in [-0.39, 0.29) is 149 Å². The fraction of sp³-hybridized carbons (Fsp3) is 0.494. The molecule has 1 aromatic carbocycles. The molecule has 3 amide bonds. The average Bonchev–Trinajstić information content (AvgIpc) is 1.62. The molecule has 0 saturated carbocycles. The van der Waals surface area contributed by atoms with Gasteiger partial charge in [0.05, 0.1) is 131 Å². The third-order valence-electron chi connectivity index (χ3n) is 23.1. The van der Waals surface area contributed by atoms with Gasteiger partial charge in [-0.3, -0.25) is 48.7 Å². The molecular formula is C89H115BN16NaO10. The molecule has 16 heterocycles. The van der Waals surface area contributed by atoms with Crippen LogP contribution in [-0.4, -0.2) is 191 Å². The summed E-state index contributed by atoms with van der Waals surface area (Å²) in [5.74, 6) is 0.859. The Hall–Kier alpha value is -9.67. The number of hydrogen-bond donors (Lipinski definition) is 3. The molecule has 17 rings (SSSR count). The first-order valence-electron chi connectivity index (χ1n) is 39.8. The molecule has 0 aliphatic carbocycles. The van der Waals surface area contributed by atoms with Gasteiger partial charge in [0.25, 0.3) is 0 Å². The zero-order valence-electron chi connectivity index (χ0n) is 68.9. The van der Waals surface area contributed by atoms with Crippen molar-refractivity contribution >= 4 is 49.6 Å². The molecule has 8 aliphatic rings. The van der Waals surface area contributed by atoms with Crippen molar-refractivity contribution in [2.75, 3.05) is 52.4 Å². The Morgan fingerprint density at radius 1 is 0.453 bits per heavy atom. The number of nitrogens with zero attached hydrogens (tertiary/aromatic N) is 15. The molecule has 615 valence electrons. The summed E-state index contributed by atoms with van der Waals surface area (Å²) >= 11 is 0. The summed E-state index contributed by atoms with van der Waals surface area (Å²) in [6, 6.07) is 25.4. The van der Waals surface area contributed by atoms with Crippen LogP contribution < -0.4 is 34.9 Å². The molecule has 0 spiro atoms. The van der Waals surface area contributed by atoms with Crippen molar-refractivity contribution < 1.29 is 79.5 Å². The quantitative estimate of drug-likeness (QED) is 0.0852. The molecule has 3 N–H and O–H groups in total. The van der Waals surface area contributed by atoms with Crippen LogP contribution in [0.3, 0.4) is 0 Å². The van der Waals surface area contributed by atoms with Crippen molar-refractivity contribution in [2.24, 2.45) is 39.9 Å². The van der Waals surface area contributed by atoms with E-state index in [4.69, 9.17) is 9.84 Å². The van der Waals surface area contributed by atoms with Gasteiger partial charge in [0.2, 0.25) is 11.8 Å². The summed E-state index contributed by atoms with van der Waals surface area (Å²) < 4.78 is 13.8. The molecule has 5 unspecified atom stereocenters. The van der Waals surface area contributed by atoms with Crippen LogP contribution in [0.25, 0.3) is 45.0 Å². The number of pyridine rings is 4. The fourth-order valence-electron chi connectivity index (χ4n) is 16.7. The molecule has 117 heavy (non-hydrogen) atoms. The summed E-state index contributed by atoms with van der Waals surface area (Å²) in [7, 11) is 0. The molecule has 4 fully saturated rings. The molecule has 3 radical (unpaired) electrons. The summed E-state index contributed by atoms with van der Waals surface area (Å²) in [5, 5.41) is 22.5. The average molecular weight is 1600 g/mol. The van der Waals surface area contributed by atoms with Crippen molar-refractivity contribution in [3.8, 4) is 45.0 Å².